The number of rotatable bonds is 6. The van der Waals surface area contributed by atoms with Gasteiger partial charge in [0, 0.05) is 0 Å². The molecule has 0 amide bonds. The SMILES string of the molecule is C=CCCCC[Se]/C=C/I. The molecule has 0 atom stereocenters. The molecular weight excluding hydrogens is 302 g/mol. The van der Waals surface area contributed by atoms with Crippen LogP contribution in [-0.2, 0) is 0 Å². The Kier molecular flexibility index (Phi) is 10.4. The van der Waals surface area contributed by atoms with Crippen molar-refractivity contribution in [3.8, 4) is 0 Å². The molecule has 0 nitrogen and oxygen atoms in total. The van der Waals surface area contributed by atoms with Gasteiger partial charge in [-0.1, -0.05) is 0 Å². The molecule has 0 aliphatic carbocycles. The first-order valence-electron chi connectivity index (χ1n) is 3.39. The molecule has 10 heavy (non-hydrogen) atoms. The van der Waals surface area contributed by atoms with Crippen molar-refractivity contribution in [1.82, 2.24) is 0 Å². The molecule has 0 heterocycles. The van der Waals surface area contributed by atoms with Crippen LogP contribution in [0.2, 0.25) is 5.32 Å². The van der Waals surface area contributed by atoms with Gasteiger partial charge in [-0.15, -0.1) is 0 Å². The van der Waals surface area contributed by atoms with E-state index >= 15 is 0 Å². The number of halogens is 1. The predicted octanol–water partition coefficient (Wildman–Crippen LogP) is 3.37. The van der Waals surface area contributed by atoms with E-state index in [9.17, 15) is 0 Å². The Morgan fingerprint density at radius 1 is 1.40 bits per heavy atom. The third-order valence-corrected chi connectivity index (χ3v) is 4.31. The van der Waals surface area contributed by atoms with Crippen LogP contribution in [0.15, 0.2) is 21.7 Å². The molecule has 0 aliphatic rings. The summed E-state index contributed by atoms with van der Waals surface area (Å²) in [6, 6.07) is 0. The first-order valence-corrected chi connectivity index (χ1v) is 6.84. The second-order valence-electron chi connectivity index (χ2n) is 1.92. The summed E-state index contributed by atoms with van der Waals surface area (Å²) < 4.78 is 2.12. The summed E-state index contributed by atoms with van der Waals surface area (Å²) in [6.07, 6.45) is 5.87. The van der Waals surface area contributed by atoms with E-state index in [1.54, 1.807) is 0 Å². The van der Waals surface area contributed by atoms with Crippen molar-refractivity contribution >= 4 is 37.5 Å². The van der Waals surface area contributed by atoms with E-state index in [1.165, 1.54) is 24.6 Å². The molecule has 0 unspecified atom stereocenters. The Bertz CT molecular complexity index is 99.4. The molecule has 0 aliphatic heterocycles. The van der Waals surface area contributed by atoms with E-state index in [-0.39, 0.29) is 0 Å². The van der Waals surface area contributed by atoms with Gasteiger partial charge in [0.1, 0.15) is 0 Å². The summed E-state index contributed by atoms with van der Waals surface area (Å²) in [5.41, 5.74) is 0. The Morgan fingerprint density at radius 3 is 2.80 bits per heavy atom. The summed E-state index contributed by atoms with van der Waals surface area (Å²) in [4.78, 5) is 2.28. The standard InChI is InChI=1S/C8H13ISe/c1-2-3-4-5-7-10-8-6-9/h2,6,8H,1,3-5,7H2/b8-6+. The number of hydrogen-bond acceptors (Lipinski definition) is 0. The molecule has 0 rings (SSSR count). The quantitative estimate of drug-likeness (QED) is 0.305. The zero-order valence-electron chi connectivity index (χ0n) is 6.05. The van der Waals surface area contributed by atoms with Crippen LogP contribution in [0.5, 0.6) is 0 Å². The van der Waals surface area contributed by atoms with E-state index in [0.29, 0.717) is 0 Å². The fraction of sp³-hybridized carbons (Fsp3) is 0.500. The van der Waals surface area contributed by atoms with Gasteiger partial charge < -0.3 is 0 Å². The Balaban J connectivity index is 2.83. The molecule has 2 heteroatoms. The monoisotopic (exact) mass is 316 g/mol. The molecule has 0 radical (unpaired) electrons. The van der Waals surface area contributed by atoms with Crippen molar-refractivity contribution in [3.63, 3.8) is 0 Å². The molecular formula is C8H13ISe. The van der Waals surface area contributed by atoms with E-state index in [2.05, 4.69) is 38.2 Å². The van der Waals surface area contributed by atoms with Crippen LogP contribution in [0.3, 0.4) is 0 Å². The van der Waals surface area contributed by atoms with Crippen molar-refractivity contribution < 1.29 is 0 Å². The first-order chi connectivity index (χ1) is 4.91. The minimum atomic E-state index is 0.752. The summed E-state index contributed by atoms with van der Waals surface area (Å²) in [6.45, 7) is 3.68. The summed E-state index contributed by atoms with van der Waals surface area (Å²) in [5, 5.41) is 1.39. The molecule has 58 valence electrons. The van der Waals surface area contributed by atoms with Gasteiger partial charge in [0.15, 0.2) is 0 Å². The van der Waals surface area contributed by atoms with E-state index in [0.717, 1.165) is 15.0 Å². The molecule has 0 bridgehead atoms. The fourth-order valence-electron chi connectivity index (χ4n) is 0.578. The van der Waals surface area contributed by atoms with Crippen LogP contribution >= 0.6 is 22.6 Å². The van der Waals surface area contributed by atoms with Crippen molar-refractivity contribution in [2.24, 2.45) is 0 Å². The molecule has 0 aromatic carbocycles. The van der Waals surface area contributed by atoms with Crippen molar-refractivity contribution in [3.05, 3.63) is 21.7 Å². The van der Waals surface area contributed by atoms with Gasteiger partial charge >= 0.3 is 83.8 Å². The predicted molar refractivity (Wildman–Crippen MR) is 57.8 cm³/mol. The molecule has 0 saturated heterocycles. The van der Waals surface area contributed by atoms with Gasteiger partial charge in [-0.3, -0.25) is 0 Å². The molecule has 0 aromatic heterocycles. The Hall–Kier alpha value is 0.729. The topological polar surface area (TPSA) is 0 Å². The molecule has 0 spiro atoms. The van der Waals surface area contributed by atoms with Crippen LogP contribution in [-0.4, -0.2) is 15.0 Å². The summed E-state index contributed by atoms with van der Waals surface area (Å²) in [5.74, 6) is 0. The van der Waals surface area contributed by atoms with Crippen molar-refractivity contribution in [2.45, 2.75) is 24.6 Å². The zero-order chi connectivity index (χ0) is 7.66. The summed E-state index contributed by atoms with van der Waals surface area (Å²) >= 11 is 3.03. The Labute approximate surface area is 83.5 Å². The zero-order valence-corrected chi connectivity index (χ0v) is 9.92. The van der Waals surface area contributed by atoms with Crippen LogP contribution in [0, 0.1) is 0 Å². The van der Waals surface area contributed by atoms with Crippen LogP contribution in [0.4, 0.5) is 0 Å². The van der Waals surface area contributed by atoms with E-state index in [1.807, 2.05) is 6.08 Å². The summed E-state index contributed by atoms with van der Waals surface area (Å²) in [7, 11) is 0. The maximum absolute atomic E-state index is 3.68. The number of allylic oxidation sites excluding steroid dienone is 1. The molecule has 0 saturated carbocycles. The molecule has 0 N–H and O–H groups in total. The van der Waals surface area contributed by atoms with Gasteiger partial charge in [-0.2, -0.15) is 0 Å². The average Bonchev–Trinajstić information content (AvgIpc) is 1.97. The Morgan fingerprint density at radius 2 is 2.20 bits per heavy atom. The average molecular weight is 315 g/mol. The first kappa shape index (κ1) is 10.7. The normalized spacial score (nSPS) is 10.5. The van der Waals surface area contributed by atoms with Gasteiger partial charge in [0.05, 0.1) is 0 Å². The van der Waals surface area contributed by atoms with Crippen molar-refractivity contribution in [2.75, 3.05) is 0 Å². The molecule has 0 aromatic rings. The van der Waals surface area contributed by atoms with Gasteiger partial charge in [-0.25, -0.2) is 0 Å². The van der Waals surface area contributed by atoms with E-state index < -0.39 is 0 Å². The maximum atomic E-state index is 3.68. The van der Waals surface area contributed by atoms with Crippen LogP contribution in [0.1, 0.15) is 19.3 Å². The van der Waals surface area contributed by atoms with Gasteiger partial charge in [0.2, 0.25) is 0 Å². The van der Waals surface area contributed by atoms with Gasteiger partial charge in [0.25, 0.3) is 0 Å². The van der Waals surface area contributed by atoms with Crippen molar-refractivity contribution in [1.29, 1.82) is 0 Å². The number of unbranched alkanes of at least 4 members (excludes halogenated alkanes) is 2. The number of hydrogen-bond donors (Lipinski definition) is 0. The third kappa shape index (κ3) is 8.73. The van der Waals surface area contributed by atoms with Crippen LogP contribution in [0.25, 0.3) is 0 Å². The fourth-order valence-corrected chi connectivity index (χ4v) is 2.87. The second-order valence-corrected chi connectivity index (χ2v) is 4.76. The minimum absolute atomic E-state index is 0.752. The molecule has 0 fully saturated rings. The second kappa shape index (κ2) is 9.73. The van der Waals surface area contributed by atoms with Gasteiger partial charge in [-0.05, 0) is 0 Å². The van der Waals surface area contributed by atoms with E-state index in [4.69, 9.17) is 0 Å². The third-order valence-electron chi connectivity index (χ3n) is 1.07. The van der Waals surface area contributed by atoms with Crippen LogP contribution < -0.4 is 0 Å².